The Morgan fingerprint density at radius 2 is 2.11 bits per heavy atom. The monoisotopic (exact) mass is 289 g/mol. The third-order valence-corrected chi connectivity index (χ3v) is 3.73. The molecule has 0 aromatic heterocycles. The number of carboxylic acids is 1. The standard InChI is InChI=1S/C11H15NO6S/c1-7(13)6-12-19(16,17)10-4-3-8(11(14)15)5-9(10)18-2/h3-5,7,12-13H,6H2,1-2H3,(H,14,15). The Kier molecular flexibility index (Phi) is 4.87. The number of sulfonamides is 1. The van der Waals surface area contributed by atoms with Crippen molar-refractivity contribution in [2.75, 3.05) is 13.7 Å². The van der Waals surface area contributed by atoms with Gasteiger partial charge in [-0.05, 0) is 25.1 Å². The normalized spacial score (nSPS) is 13.0. The molecular formula is C11H15NO6S. The van der Waals surface area contributed by atoms with Crippen molar-refractivity contribution in [1.82, 2.24) is 4.72 Å². The lowest BCUT2D eigenvalue weighted by Crippen LogP contribution is -2.31. The van der Waals surface area contributed by atoms with Gasteiger partial charge in [-0.15, -0.1) is 0 Å². The van der Waals surface area contributed by atoms with E-state index < -0.39 is 22.1 Å². The van der Waals surface area contributed by atoms with E-state index >= 15 is 0 Å². The number of benzene rings is 1. The zero-order valence-corrected chi connectivity index (χ0v) is 11.3. The molecule has 3 N–H and O–H groups in total. The van der Waals surface area contributed by atoms with Crippen LogP contribution in [0.3, 0.4) is 0 Å². The van der Waals surface area contributed by atoms with E-state index in [1.807, 2.05) is 0 Å². The second-order valence-electron chi connectivity index (χ2n) is 3.87. The molecule has 1 atom stereocenters. The van der Waals surface area contributed by atoms with Gasteiger partial charge in [0.2, 0.25) is 10.0 Å². The predicted octanol–water partition coefficient (Wildman–Crippen LogP) is 0.0525. The molecule has 0 bridgehead atoms. The molecule has 0 aliphatic carbocycles. The van der Waals surface area contributed by atoms with Crippen LogP contribution in [0.5, 0.6) is 5.75 Å². The van der Waals surface area contributed by atoms with Crippen molar-refractivity contribution in [3.63, 3.8) is 0 Å². The molecule has 0 spiro atoms. The van der Waals surface area contributed by atoms with Crippen LogP contribution in [0.15, 0.2) is 23.1 Å². The number of hydrogen-bond donors (Lipinski definition) is 3. The number of carbonyl (C=O) groups is 1. The highest BCUT2D eigenvalue weighted by Gasteiger charge is 2.21. The third kappa shape index (κ3) is 3.91. The van der Waals surface area contributed by atoms with E-state index in [0.717, 1.165) is 12.1 Å². The van der Waals surface area contributed by atoms with Crippen LogP contribution in [0.1, 0.15) is 17.3 Å². The van der Waals surface area contributed by atoms with Crippen LogP contribution >= 0.6 is 0 Å². The van der Waals surface area contributed by atoms with Gasteiger partial charge in [0.15, 0.2) is 0 Å². The molecule has 7 nitrogen and oxygen atoms in total. The van der Waals surface area contributed by atoms with Gasteiger partial charge in [0.25, 0.3) is 0 Å². The second kappa shape index (κ2) is 6.00. The van der Waals surface area contributed by atoms with Crippen molar-refractivity contribution in [2.45, 2.75) is 17.9 Å². The minimum Gasteiger partial charge on any atom is -0.495 e. The highest BCUT2D eigenvalue weighted by molar-refractivity contribution is 7.89. The maximum Gasteiger partial charge on any atom is 0.335 e. The van der Waals surface area contributed by atoms with E-state index in [0.29, 0.717) is 0 Å². The van der Waals surface area contributed by atoms with Crippen molar-refractivity contribution in [1.29, 1.82) is 0 Å². The van der Waals surface area contributed by atoms with Crippen LogP contribution in [-0.4, -0.2) is 44.4 Å². The minimum atomic E-state index is -3.87. The molecule has 0 amide bonds. The number of aromatic carboxylic acids is 1. The zero-order chi connectivity index (χ0) is 14.6. The van der Waals surface area contributed by atoms with Gasteiger partial charge in [-0.25, -0.2) is 17.9 Å². The van der Waals surface area contributed by atoms with E-state index in [9.17, 15) is 13.2 Å². The summed E-state index contributed by atoms with van der Waals surface area (Å²) in [6, 6.07) is 3.44. The number of carboxylic acid groups (broad SMARTS) is 1. The molecule has 8 heteroatoms. The number of methoxy groups -OCH3 is 1. The quantitative estimate of drug-likeness (QED) is 0.682. The molecule has 0 saturated carbocycles. The van der Waals surface area contributed by atoms with Gasteiger partial charge in [0.1, 0.15) is 10.6 Å². The molecule has 0 saturated heterocycles. The molecule has 1 unspecified atom stereocenters. The van der Waals surface area contributed by atoms with E-state index in [1.165, 1.54) is 20.1 Å². The van der Waals surface area contributed by atoms with Crippen molar-refractivity contribution in [3.8, 4) is 5.75 Å². The highest BCUT2D eigenvalue weighted by atomic mass is 32.2. The van der Waals surface area contributed by atoms with Gasteiger partial charge in [-0.3, -0.25) is 0 Å². The molecule has 19 heavy (non-hydrogen) atoms. The van der Waals surface area contributed by atoms with E-state index in [4.69, 9.17) is 14.9 Å². The summed E-state index contributed by atoms with van der Waals surface area (Å²) in [4.78, 5) is 10.6. The Morgan fingerprint density at radius 3 is 2.58 bits per heavy atom. The number of rotatable bonds is 6. The molecular weight excluding hydrogens is 274 g/mol. The summed E-state index contributed by atoms with van der Waals surface area (Å²) in [6.07, 6.45) is -0.834. The fourth-order valence-electron chi connectivity index (χ4n) is 1.33. The molecule has 0 fully saturated rings. The van der Waals surface area contributed by atoms with Crippen LogP contribution < -0.4 is 9.46 Å². The van der Waals surface area contributed by atoms with Gasteiger partial charge in [-0.1, -0.05) is 0 Å². The lowest BCUT2D eigenvalue weighted by molar-refractivity contribution is 0.0696. The van der Waals surface area contributed by atoms with E-state index in [2.05, 4.69) is 4.72 Å². The van der Waals surface area contributed by atoms with Gasteiger partial charge >= 0.3 is 5.97 Å². The molecule has 0 aliphatic heterocycles. The fraction of sp³-hybridized carbons (Fsp3) is 0.364. The first-order chi connectivity index (χ1) is 8.77. The Hall–Kier alpha value is -1.64. The van der Waals surface area contributed by atoms with Crippen LogP contribution in [0.25, 0.3) is 0 Å². The van der Waals surface area contributed by atoms with E-state index in [1.54, 1.807) is 0 Å². The lowest BCUT2D eigenvalue weighted by Gasteiger charge is -2.12. The first-order valence-corrected chi connectivity index (χ1v) is 6.85. The molecule has 1 aromatic carbocycles. The maximum absolute atomic E-state index is 11.9. The zero-order valence-electron chi connectivity index (χ0n) is 10.5. The fourth-order valence-corrected chi connectivity index (χ4v) is 2.60. The average Bonchev–Trinajstić information content (AvgIpc) is 2.35. The third-order valence-electron chi connectivity index (χ3n) is 2.27. The molecule has 1 rings (SSSR count). The first kappa shape index (κ1) is 15.4. The van der Waals surface area contributed by atoms with Crippen molar-refractivity contribution < 1.29 is 28.2 Å². The van der Waals surface area contributed by atoms with Crippen molar-refractivity contribution in [3.05, 3.63) is 23.8 Å². The van der Waals surface area contributed by atoms with E-state index in [-0.39, 0.29) is 22.8 Å². The average molecular weight is 289 g/mol. The SMILES string of the molecule is COc1cc(C(=O)O)ccc1S(=O)(=O)NCC(C)O. The predicted molar refractivity (Wildman–Crippen MR) is 66.8 cm³/mol. The summed E-state index contributed by atoms with van der Waals surface area (Å²) < 4.78 is 31.0. The van der Waals surface area contributed by atoms with Gasteiger partial charge in [-0.2, -0.15) is 0 Å². The number of aliphatic hydroxyl groups is 1. The van der Waals surface area contributed by atoms with Crippen LogP contribution in [0.2, 0.25) is 0 Å². The molecule has 0 aliphatic rings. The Bertz CT molecular complexity index is 567. The topological polar surface area (TPSA) is 113 Å². The lowest BCUT2D eigenvalue weighted by atomic mass is 10.2. The number of hydrogen-bond acceptors (Lipinski definition) is 5. The summed E-state index contributed by atoms with van der Waals surface area (Å²) in [7, 11) is -2.62. The number of ether oxygens (including phenoxy) is 1. The first-order valence-electron chi connectivity index (χ1n) is 5.37. The summed E-state index contributed by atoms with van der Waals surface area (Å²) in [5.74, 6) is -1.25. The largest absolute Gasteiger partial charge is 0.495 e. The Labute approximate surface area is 110 Å². The molecule has 1 aromatic rings. The number of aliphatic hydroxyl groups excluding tert-OH is 1. The van der Waals surface area contributed by atoms with Crippen molar-refractivity contribution >= 4 is 16.0 Å². The Morgan fingerprint density at radius 1 is 1.47 bits per heavy atom. The smallest absolute Gasteiger partial charge is 0.335 e. The van der Waals surface area contributed by atoms with Crippen LogP contribution in [-0.2, 0) is 10.0 Å². The van der Waals surface area contributed by atoms with Crippen LogP contribution in [0.4, 0.5) is 0 Å². The maximum atomic E-state index is 11.9. The summed E-state index contributed by atoms with van der Waals surface area (Å²) in [5, 5.41) is 17.9. The molecule has 0 heterocycles. The second-order valence-corrected chi connectivity index (χ2v) is 5.61. The summed E-state index contributed by atoms with van der Waals surface area (Å²) >= 11 is 0. The summed E-state index contributed by atoms with van der Waals surface area (Å²) in [6.45, 7) is 1.29. The van der Waals surface area contributed by atoms with Gasteiger partial charge < -0.3 is 14.9 Å². The highest BCUT2D eigenvalue weighted by Crippen LogP contribution is 2.24. The molecule has 0 radical (unpaired) electrons. The van der Waals surface area contributed by atoms with Gasteiger partial charge in [0.05, 0.1) is 18.8 Å². The molecule has 106 valence electrons. The van der Waals surface area contributed by atoms with Gasteiger partial charge in [0, 0.05) is 6.54 Å². The van der Waals surface area contributed by atoms with Crippen LogP contribution in [0, 0.1) is 0 Å². The summed E-state index contributed by atoms with van der Waals surface area (Å²) in [5.41, 5.74) is -0.0775. The minimum absolute atomic E-state index is 0.0713. The Balaban J connectivity index is 3.16. The van der Waals surface area contributed by atoms with Crippen molar-refractivity contribution in [2.24, 2.45) is 0 Å². The number of nitrogens with one attached hydrogen (secondary N) is 1.